The summed E-state index contributed by atoms with van der Waals surface area (Å²) >= 11 is 0. The summed E-state index contributed by atoms with van der Waals surface area (Å²) in [5.41, 5.74) is 11.8. The summed E-state index contributed by atoms with van der Waals surface area (Å²) in [6.45, 7) is 0. The lowest BCUT2D eigenvalue weighted by molar-refractivity contribution is 0.584. The maximum absolute atomic E-state index is 6.92. The lowest BCUT2D eigenvalue weighted by atomic mass is 9.82. The van der Waals surface area contributed by atoms with Crippen molar-refractivity contribution in [2.45, 2.75) is 12.0 Å². The van der Waals surface area contributed by atoms with Crippen LogP contribution >= 0.6 is 0 Å². The van der Waals surface area contributed by atoms with Crippen LogP contribution in [-0.4, -0.2) is 25.6 Å². The van der Waals surface area contributed by atoms with Gasteiger partial charge in [0.1, 0.15) is 11.3 Å². The molecule has 4 heterocycles. The molecule has 268 valence electrons. The molecule has 0 saturated heterocycles. The molecule has 2 atom stereocenters. The molecule has 0 fully saturated rings. The first-order valence-corrected chi connectivity index (χ1v) is 19.4. The number of benzene rings is 7. The third kappa shape index (κ3) is 4.87. The molecule has 0 N–H and O–H groups in total. The lowest BCUT2D eigenvalue weighted by Gasteiger charge is -2.30. The maximum atomic E-state index is 6.92. The second-order valence-corrected chi connectivity index (χ2v) is 14.8. The van der Waals surface area contributed by atoms with Crippen molar-refractivity contribution in [1.82, 2.24) is 19.5 Å². The number of hydrogen-bond acceptors (Lipinski definition) is 5. The molecule has 2 unspecified atom stereocenters. The predicted molar refractivity (Wildman–Crippen MR) is 230 cm³/mol. The summed E-state index contributed by atoms with van der Waals surface area (Å²) in [5, 5.41) is 3.36. The summed E-state index contributed by atoms with van der Waals surface area (Å²) in [4.78, 5) is 18.1. The highest BCUT2D eigenvalue weighted by atomic mass is 16.3. The molecule has 1 aliphatic carbocycles. The van der Waals surface area contributed by atoms with E-state index in [4.69, 9.17) is 19.4 Å². The van der Waals surface area contributed by atoms with E-state index in [0.717, 1.165) is 55.3 Å². The normalized spacial score (nSPS) is 15.6. The van der Waals surface area contributed by atoms with Gasteiger partial charge in [0.2, 0.25) is 5.95 Å². The zero-order chi connectivity index (χ0) is 37.5. The minimum Gasteiger partial charge on any atom is -0.456 e. The summed E-state index contributed by atoms with van der Waals surface area (Å²) in [6.07, 6.45) is 4.47. The molecule has 0 spiro atoms. The van der Waals surface area contributed by atoms with Crippen LogP contribution in [0.1, 0.15) is 22.8 Å². The Labute approximate surface area is 328 Å². The fourth-order valence-corrected chi connectivity index (χ4v) is 9.17. The maximum Gasteiger partial charge on any atom is 0.238 e. The van der Waals surface area contributed by atoms with E-state index in [2.05, 4.69) is 167 Å². The SMILES string of the molecule is C1=CC2C(c3ccccc3N2c2cccc(-c3ccccc3)c2)c2c1oc1c(-c3nc(-c4ccccc4)nc(-n4c5ccccc5c5ccccc54)n3)cccc21. The van der Waals surface area contributed by atoms with E-state index in [0.29, 0.717) is 17.6 Å². The monoisotopic (exact) mass is 731 g/mol. The number of anilines is 2. The van der Waals surface area contributed by atoms with Crippen molar-refractivity contribution in [3.8, 4) is 39.9 Å². The molecule has 7 aromatic carbocycles. The summed E-state index contributed by atoms with van der Waals surface area (Å²) in [7, 11) is 0. The molecule has 6 nitrogen and oxygen atoms in total. The van der Waals surface area contributed by atoms with Crippen LogP contribution in [0.5, 0.6) is 0 Å². The number of para-hydroxylation sites is 4. The number of nitrogens with zero attached hydrogens (tertiary/aromatic N) is 5. The minimum atomic E-state index is 0.0597. The first kappa shape index (κ1) is 31.7. The second kappa shape index (κ2) is 12.5. The van der Waals surface area contributed by atoms with E-state index in [9.17, 15) is 0 Å². The standard InChI is InChI=1S/C51H33N5O/c1-3-15-32(16-4-1)34-19-13-20-35(31-34)55-43-28-12-9-23-38(43)46-44(55)29-30-45-47(46)39-24-14-25-40(48(39)57-45)50-52-49(33-17-5-2-6-18-33)53-51(54-50)56-41-26-10-7-21-36(41)37-22-8-11-27-42(37)56/h1-31,44,46H. The van der Waals surface area contributed by atoms with Gasteiger partial charge in [-0.05, 0) is 59.2 Å². The van der Waals surface area contributed by atoms with Gasteiger partial charge < -0.3 is 9.32 Å². The van der Waals surface area contributed by atoms with E-state index in [1.54, 1.807) is 0 Å². The van der Waals surface area contributed by atoms with Crippen LogP contribution in [0.15, 0.2) is 186 Å². The highest BCUT2D eigenvalue weighted by molar-refractivity contribution is 6.09. The number of furan rings is 1. The Morgan fingerprint density at radius 2 is 1.14 bits per heavy atom. The Balaban J connectivity index is 1.04. The number of rotatable bonds is 5. The van der Waals surface area contributed by atoms with E-state index in [1.807, 2.05) is 30.3 Å². The van der Waals surface area contributed by atoms with Gasteiger partial charge in [0, 0.05) is 44.6 Å². The molecule has 0 radical (unpaired) electrons. The Morgan fingerprint density at radius 1 is 0.509 bits per heavy atom. The highest BCUT2D eigenvalue weighted by Crippen LogP contribution is 2.54. The van der Waals surface area contributed by atoms with Crippen molar-refractivity contribution in [3.63, 3.8) is 0 Å². The van der Waals surface area contributed by atoms with Crippen molar-refractivity contribution in [2.24, 2.45) is 0 Å². The van der Waals surface area contributed by atoms with Gasteiger partial charge in [-0.15, -0.1) is 0 Å². The Morgan fingerprint density at radius 3 is 1.93 bits per heavy atom. The fourth-order valence-electron chi connectivity index (χ4n) is 9.17. The van der Waals surface area contributed by atoms with Crippen LogP contribution < -0.4 is 4.90 Å². The Bertz CT molecular complexity index is 3160. The largest absolute Gasteiger partial charge is 0.456 e. The number of aromatic nitrogens is 4. The van der Waals surface area contributed by atoms with Crippen molar-refractivity contribution in [3.05, 3.63) is 199 Å². The van der Waals surface area contributed by atoms with Crippen molar-refractivity contribution in [2.75, 3.05) is 4.90 Å². The number of hydrogen-bond donors (Lipinski definition) is 0. The molecule has 10 aromatic rings. The molecular formula is C51H33N5O. The molecule has 0 saturated carbocycles. The van der Waals surface area contributed by atoms with Gasteiger partial charge >= 0.3 is 0 Å². The first-order valence-electron chi connectivity index (χ1n) is 19.4. The van der Waals surface area contributed by atoms with Crippen molar-refractivity contribution < 1.29 is 4.42 Å². The second-order valence-electron chi connectivity index (χ2n) is 14.8. The van der Waals surface area contributed by atoms with Gasteiger partial charge in [0.25, 0.3) is 0 Å². The van der Waals surface area contributed by atoms with Gasteiger partial charge in [0.05, 0.1) is 22.6 Å². The average molecular weight is 732 g/mol. The van der Waals surface area contributed by atoms with Gasteiger partial charge in [-0.3, -0.25) is 4.57 Å². The third-order valence-corrected chi connectivity index (χ3v) is 11.6. The third-order valence-electron chi connectivity index (χ3n) is 11.6. The van der Waals surface area contributed by atoms with Crippen molar-refractivity contribution >= 4 is 50.2 Å². The summed E-state index contributed by atoms with van der Waals surface area (Å²) in [5.74, 6) is 2.65. The van der Waals surface area contributed by atoms with Gasteiger partial charge in [0.15, 0.2) is 11.6 Å². The van der Waals surface area contributed by atoms with E-state index in [-0.39, 0.29) is 12.0 Å². The zero-order valence-electron chi connectivity index (χ0n) is 30.7. The highest BCUT2D eigenvalue weighted by Gasteiger charge is 2.43. The van der Waals surface area contributed by atoms with Crippen LogP contribution in [0.4, 0.5) is 11.4 Å². The summed E-state index contributed by atoms with van der Waals surface area (Å²) in [6, 6.07) is 61.7. The van der Waals surface area contributed by atoms with Crippen LogP contribution in [0.2, 0.25) is 0 Å². The van der Waals surface area contributed by atoms with E-state index >= 15 is 0 Å². The van der Waals surface area contributed by atoms with E-state index < -0.39 is 0 Å². The zero-order valence-corrected chi connectivity index (χ0v) is 30.7. The molecule has 1 aliphatic heterocycles. The van der Waals surface area contributed by atoms with Gasteiger partial charge in [-0.1, -0.05) is 146 Å². The smallest absolute Gasteiger partial charge is 0.238 e. The molecule has 0 amide bonds. The Kier molecular flexibility index (Phi) is 6.95. The lowest BCUT2D eigenvalue weighted by Crippen LogP contribution is -2.30. The van der Waals surface area contributed by atoms with Gasteiger partial charge in [-0.2, -0.15) is 9.97 Å². The predicted octanol–water partition coefficient (Wildman–Crippen LogP) is 12.4. The van der Waals surface area contributed by atoms with Crippen LogP contribution in [0.3, 0.4) is 0 Å². The Hall–Kier alpha value is -7.57. The first-order chi connectivity index (χ1) is 28.3. The average Bonchev–Trinajstić information content (AvgIpc) is 3.95. The van der Waals surface area contributed by atoms with Crippen molar-refractivity contribution in [1.29, 1.82) is 0 Å². The quantitative estimate of drug-likeness (QED) is 0.176. The molecule has 12 rings (SSSR count). The minimum absolute atomic E-state index is 0.0597. The molecular weight excluding hydrogens is 699 g/mol. The molecule has 6 heteroatoms. The topological polar surface area (TPSA) is 60.0 Å². The molecule has 3 aromatic heterocycles. The van der Waals surface area contributed by atoms with Gasteiger partial charge in [-0.25, -0.2) is 4.98 Å². The molecule has 57 heavy (non-hydrogen) atoms. The fraction of sp³-hybridized carbons (Fsp3) is 0.0392. The van der Waals surface area contributed by atoms with Crippen LogP contribution in [0, 0.1) is 0 Å². The molecule has 0 bridgehead atoms. The van der Waals surface area contributed by atoms with Crippen LogP contribution in [0.25, 0.3) is 78.7 Å². The van der Waals surface area contributed by atoms with E-state index in [1.165, 1.54) is 27.9 Å². The summed E-state index contributed by atoms with van der Waals surface area (Å²) < 4.78 is 9.07. The number of fused-ring (bicyclic) bond motifs is 10. The van der Waals surface area contributed by atoms with Crippen LogP contribution in [-0.2, 0) is 0 Å². The molecule has 2 aliphatic rings.